The third-order valence-corrected chi connectivity index (χ3v) is 6.05. The van der Waals surface area contributed by atoms with E-state index in [9.17, 15) is 4.79 Å². The van der Waals surface area contributed by atoms with E-state index in [4.69, 9.17) is 9.57 Å². The molecule has 0 unspecified atom stereocenters. The highest BCUT2D eigenvalue weighted by atomic mass is 32.1. The average Bonchev–Trinajstić information content (AvgIpc) is 2.96. The van der Waals surface area contributed by atoms with Crippen LogP contribution in [0.3, 0.4) is 0 Å². The Bertz CT molecular complexity index is 609. The van der Waals surface area contributed by atoms with E-state index in [1.54, 1.807) is 16.4 Å². The number of fused-ring (bicyclic) bond motifs is 1. The molecule has 146 valence electrons. The lowest BCUT2D eigenvalue weighted by atomic mass is 10.1. The maximum atomic E-state index is 11.8. The fraction of sp³-hybridized carbons (Fsp3) is 0.737. The van der Waals surface area contributed by atoms with Crippen LogP contribution in [-0.4, -0.2) is 53.9 Å². The lowest BCUT2D eigenvalue weighted by Crippen LogP contribution is -2.41. The molecular formula is C19H31N3O3S. The second-order valence-electron chi connectivity index (χ2n) is 7.75. The van der Waals surface area contributed by atoms with Crippen molar-refractivity contribution in [3.63, 3.8) is 0 Å². The third kappa shape index (κ3) is 5.11. The van der Waals surface area contributed by atoms with Crippen LogP contribution < -0.4 is 10.1 Å². The van der Waals surface area contributed by atoms with E-state index in [1.807, 2.05) is 13.8 Å². The number of hydrogen-bond acceptors (Lipinski definition) is 6. The summed E-state index contributed by atoms with van der Waals surface area (Å²) in [5, 5.41) is 5.50. The smallest absolute Gasteiger partial charge is 0.426 e. The second kappa shape index (κ2) is 8.59. The van der Waals surface area contributed by atoms with Gasteiger partial charge in [0.1, 0.15) is 6.10 Å². The lowest BCUT2D eigenvalue weighted by Gasteiger charge is -2.34. The molecule has 0 atom stereocenters. The first-order chi connectivity index (χ1) is 12.4. The van der Waals surface area contributed by atoms with Crippen molar-refractivity contribution in [2.75, 3.05) is 19.6 Å². The minimum atomic E-state index is -0.382. The molecule has 0 spiro atoms. The van der Waals surface area contributed by atoms with Gasteiger partial charge in [-0.25, -0.2) is 4.79 Å². The Labute approximate surface area is 160 Å². The summed E-state index contributed by atoms with van der Waals surface area (Å²) >= 11 is 1.75. The molecular weight excluding hydrogens is 350 g/mol. The molecule has 0 aromatic carbocycles. The highest BCUT2D eigenvalue weighted by Gasteiger charge is 2.25. The van der Waals surface area contributed by atoms with Crippen molar-refractivity contribution >= 4 is 17.4 Å². The van der Waals surface area contributed by atoms with Gasteiger partial charge in [-0.3, -0.25) is 0 Å². The third-order valence-electron chi connectivity index (χ3n) is 4.92. The zero-order valence-electron chi connectivity index (χ0n) is 16.3. The van der Waals surface area contributed by atoms with Crippen molar-refractivity contribution in [3.8, 4) is 5.06 Å². The molecule has 6 nitrogen and oxygen atoms in total. The van der Waals surface area contributed by atoms with Crippen LogP contribution in [0.25, 0.3) is 0 Å². The largest absolute Gasteiger partial charge is 0.481 e. The molecule has 1 aromatic rings. The van der Waals surface area contributed by atoms with Crippen LogP contribution in [0.5, 0.6) is 5.06 Å². The summed E-state index contributed by atoms with van der Waals surface area (Å²) in [5.41, 5.74) is 1.22. The van der Waals surface area contributed by atoms with Gasteiger partial charge in [0.05, 0.1) is 6.54 Å². The van der Waals surface area contributed by atoms with Crippen LogP contribution >= 0.6 is 11.3 Å². The van der Waals surface area contributed by atoms with E-state index in [2.05, 4.69) is 30.1 Å². The molecule has 2 aliphatic heterocycles. The van der Waals surface area contributed by atoms with Crippen LogP contribution in [-0.2, 0) is 17.8 Å². The van der Waals surface area contributed by atoms with Gasteiger partial charge in [0, 0.05) is 36.6 Å². The SMILES string of the molecule is CC(C)NC(=O)ON1CCc2sc(OC3CCN(C(C)C)CC3)cc2C1. The molecule has 1 N–H and O–H groups in total. The molecule has 0 aliphatic carbocycles. The van der Waals surface area contributed by atoms with Gasteiger partial charge in [-0.1, -0.05) is 0 Å². The van der Waals surface area contributed by atoms with Gasteiger partial charge in [0.2, 0.25) is 0 Å². The Morgan fingerprint density at radius 1 is 1.23 bits per heavy atom. The Hall–Kier alpha value is -1.31. The molecule has 0 bridgehead atoms. The highest BCUT2D eigenvalue weighted by Crippen LogP contribution is 2.35. The number of hydrogen-bond donors (Lipinski definition) is 1. The van der Waals surface area contributed by atoms with E-state index >= 15 is 0 Å². The number of rotatable bonds is 5. The Kier molecular flexibility index (Phi) is 6.42. The van der Waals surface area contributed by atoms with Crippen LogP contribution in [0.1, 0.15) is 51.0 Å². The van der Waals surface area contributed by atoms with Gasteiger partial charge >= 0.3 is 6.09 Å². The van der Waals surface area contributed by atoms with E-state index in [0.29, 0.717) is 18.7 Å². The van der Waals surface area contributed by atoms with Gasteiger partial charge in [-0.05, 0) is 58.6 Å². The summed E-state index contributed by atoms with van der Waals surface area (Å²) < 4.78 is 6.26. The van der Waals surface area contributed by atoms with Gasteiger partial charge in [-0.15, -0.1) is 16.4 Å². The van der Waals surface area contributed by atoms with Crippen molar-refractivity contribution in [2.45, 2.75) is 71.7 Å². The molecule has 0 saturated carbocycles. The topological polar surface area (TPSA) is 54.0 Å². The lowest BCUT2D eigenvalue weighted by molar-refractivity contribution is -0.111. The number of carbonyl (C=O) groups is 1. The summed E-state index contributed by atoms with van der Waals surface area (Å²) in [4.78, 5) is 21.0. The maximum absolute atomic E-state index is 11.8. The number of nitrogens with zero attached hydrogens (tertiary/aromatic N) is 2. The molecule has 1 aromatic heterocycles. The van der Waals surface area contributed by atoms with E-state index in [1.165, 1.54) is 10.4 Å². The van der Waals surface area contributed by atoms with Crippen molar-refractivity contribution in [3.05, 3.63) is 16.5 Å². The van der Waals surface area contributed by atoms with Crippen LogP contribution in [0.4, 0.5) is 4.79 Å². The van der Waals surface area contributed by atoms with Gasteiger partial charge in [0.25, 0.3) is 0 Å². The van der Waals surface area contributed by atoms with Gasteiger partial charge < -0.3 is 19.8 Å². The molecule has 7 heteroatoms. The standard InChI is InChI=1S/C19H31N3O3S/c1-13(2)20-19(23)25-22-10-7-17-15(12-22)11-18(26-17)24-16-5-8-21(9-6-16)14(3)4/h11,13-14,16H,5-10,12H2,1-4H3,(H,20,23). The average molecular weight is 382 g/mol. The number of likely N-dealkylation sites (tertiary alicyclic amines) is 1. The van der Waals surface area contributed by atoms with Gasteiger partial charge in [0.15, 0.2) is 5.06 Å². The number of thiophene rings is 1. The molecule has 3 rings (SSSR count). The van der Waals surface area contributed by atoms with E-state index in [-0.39, 0.29) is 12.1 Å². The molecule has 1 amide bonds. The van der Waals surface area contributed by atoms with E-state index in [0.717, 1.165) is 44.0 Å². The number of amides is 1. The monoisotopic (exact) mass is 381 g/mol. The molecule has 1 fully saturated rings. The van der Waals surface area contributed by atoms with Crippen molar-refractivity contribution in [1.29, 1.82) is 0 Å². The predicted molar refractivity (Wildman–Crippen MR) is 104 cm³/mol. The summed E-state index contributed by atoms with van der Waals surface area (Å²) in [6.07, 6.45) is 3.00. The minimum Gasteiger partial charge on any atom is -0.481 e. The molecule has 26 heavy (non-hydrogen) atoms. The van der Waals surface area contributed by atoms with Crippen LogP contribution in [0.2, 0.25) is 0 Å². The first-order valence-electron chi connectivity index (χ1n) is 9.66. The number of ether oxygens (including phenoxy) is 1. The number of carbonyl (C=O) groups excluding carboxylic acids is 1. The Morgan fingerprint density at radius 3 is 2.62 bits per heavy atom. The molecule has 3 heterocycles. The second-order valence-corrected chi connectivity index (χ2v) is 8.85. The van der Waals surface area contributed by atoms with Gasteiger partial charge in [-0.2, -0.15) is 0 Å². The van der Waals surface area contributed by atoms with Crippen molar-refractivity contribution in [1.82, 2.24) is 15.3 Å². The quantitative estimate of drug-likeness (QED) is 0.847. The first-order valence-corrected chi connectivity index (χ1v) is 10.5. The zero-order valence-corrected chi connectivity index (χ0v) is 17.1. The Balaban J connectivity index is 1.51. The first kappa shape index (κ1) is 19.5. The number of hydroxylamine groups is 2. The summed E-state index contributed by atoms with van der Waals surface area (Å²) in [7, 11) is 0. The number of nitrogens with one attached hydrogen (secondary N) is 1. The minimum absolute atomic E-state index is 0.0751. The summed E-state index contributed by atoms with van der Waals surface area (Å²) in [5.74, 6) is 0. The predicted octanol–water partition coefficient (Wildman–Crippen LogP) is 3.41. The van der Waals surface area contributed by atoms with Crippen LogP contribution in [0.15, 0.2) is 6.07 Å². The highest BCUT2D eigenvalue weighted by molar-refractivity contribution is 7.14. The number of piperidine rings is 1. The normalized spacial score (nSPS) is 19.6. The zero-order chi connectivity index (χ0) is 18.7. The molecule has 1 saturated heterocycles. The van der Waals surface area contributed by atoms with E-state index < -0.39 is 0 Å². The molecule has 0 radical (unpaired) electrons. The van der Waals surface area contributed by atoms with Crippen LogP contribution in [0, 0.1) is 0 Å². The maximum Gasteiger partial charge on any atom is 0.426 e. The summed E-state index contributed by atoms with van der Waals surface area (Å²) in [6, 6.07) is 2.82. The molecule has 2 aliphatic rings. The fourth-order valence-corrected chi connectivity index (χ4v) is 4.55. The van der Waals surface area contributed by atoms with Crippen molar-refractivity contribution in [2.24, 2.45) is 0 Å². The Morgan fingerprint density at radius 2 is 1.96 bits per heavy atom. The summed E-state index contributed by atoms with van der Waals surface area (Å²) in [6.45, 7) is 11.9. The van der Waals surface area contributed by atoms with Crippen molar-refractivity contribution < 1.29 is 14.4 Å². The fourth-order valence-electron chi connectivity index (χ4n) is 3.47.